The van der Waals surface area contributed by atoms with Crippen molar-refractivity contribution < 1.29 is 9.53 Å². The van der Waals surface area contributed by atoms with Gasteiger partial charge in [0, 0.05) is 42.6 Å². The highest BCUT2D eigenvalue weighted by Gasteiger charge is 2.55. The number of aromatic nitrogens is 5. The summed E-state index contributed by atoms with van der Waals surface area (Å²) >= 11 is 0. The molecule has 0 N–H and O–H groups in total. The Balaban J connectivity index is 0.872. The summed E-state index contributed by atoms with van der Waals surface area (Å²) in [5, 5.41) is 4.68. The molecule has 2 amide bonds. The van der Waals surface area contributed by atoms with Crippen molar-refractivity contribution in [1.29, 1.82) is 0 Å². The maximum atomic E-state index is 12.8. The van der Waals surface area contributed by atoms with Crippen molar-refractivity contribution in [1.82, 2.24) is 34.5 Å². The summed E-state index contributed by atoms with van der Waals surface area (Å²) in [5.74, 6) is 3.66. The lowest BCUT2D eigenvalue weighted by Gasteiger charge is -2.59. The number of amides is 2. The van der Waals surface area contributed by atoms with E-state index in [1.165, 1.54) is 25.7 Å². The van der Waals surface area contributed by atoms with Crippen molar-refractivity contribution in [3.8, 4) is 5.88 Å². The van der Waals surface area contributed by atoms with Crippen molar-refractivity contribution in [2.45, 2.75) is 62.5 Å². The van der Waals surface area contributed by atoms with Crippen LogP contribution >= 0.6 is 0 Å². The number of ether oxygens (including phenoxy) is 1. The molecule has 5 aliphatic rings. The van der Waals surface area contributed by atoms with Crippen molar-refractivity contribution in [3.63, 3.8) is 0 Å². The quantitative estimate of drug-likeness (QED) is 0.736. The summed E-state index contributed by atoms with van der Waals surface area (Å²) in [4.78, 5) is 30.0. The van der Waals surface area contributed by atoms with Gasteiger partial charge in [0.15, 0.2) is 5.82 Å². The van der Waals surface area contributed by atoms with Crippen molar-refractivity contribution in [2.24, 2.45) is 5.41 Å². The fourth-order valence-corrected chi connectivity index (χ4v) is 5.28. The Morgan fingerprint density at radius 2 is 1.74 bits per heavy atom. The molecule has 31 heavy (non-hydrogen) atoms. The molecule has 9 heteroatoms. The molecule has 4 heterocycles. The van der Waals surface area contributed by atoms with Crippen LogP contribution in [0, 0.1) is 5.41 Å². The minimum absolute atomic E-state index is 0.0298. The molecule has 0 atom stereocenters. The molecule has 7 rings (SSSR count). The predicted octanol–water partition coefficient (Wildman–Crippen LogP) is 2.34. The van der Waals surface area contributed by atoms with E-state index in [0.717, 1.165) is 37.6 Å². The molecule has 5 fully saturated rings. The Morgan fingerprint density at radius 3 is 2.48 bits per heavy atom. The van der Waals surface area contributed by atoms with Crippen LogP contribution in [0.3, 0.4) is 0 Å². The standard InChI is InChI=1S/C22H27N7O2/c30-21(27-9-17(10-27)31-18-5-6-23-19(25-18)14-1-2-14)28-11-22(12-28)7-16(8-22)29-13-24-20(26-29)15-3-4-15/h5-6,13-17H,1-4,7-12H2. The minimum Gasteiger partial charge on any atom is -0.470 e. The van der Waals surface area contributed by atoms with Gasteiger partial charge in [0.05, 0.1) is 19.1 Å². The van der Waals surface area contributed by atoms with Crippen LogP contribution in [0.15, 0.2) is 18.6 Å². The third-order valence-corrected chi connectivity index (χ3v) is 7.50. The number of rotatable bonds is 5. The van der Waals surface area contributed by atoms with Gasteiger partial charge in [-0.3, -0.25) is 0 Å². The highest BCUT2D eigenvalue weighted by Crippen LogP contribution is 2.54. The highest BCUT2D eigenvalue weighted by molar-refractivity contribution is 5.76. The smallest absolute Gasteiger partial charge is 0.320 e. The van der Waals surface area contributed by atoms with Gasteiger partial charge >= 0.3 is 6.03 Å². The van der Waals surface area contributed by atoms with Crippen LogP contribution in [0.5, 0.6) is 5.88 Å². The zero-order valence-corrected chi connectivity index (χ0v) is 17.6. The molecule has 0 radical (unpaired) electrons. The van der Waals surface area contributed by atoms with E-state index in [-0.39, 0.29) is 12.1 Å². The summed E-state index contributed by atoms with van der Waals surface area (Å²) in [6.45, 7) is 3.00. The molecule has 0 bridgehead atoms. The number of hydrogen-bond acceptors (Lipinski definition) is 6. The Bertz CT molecular complexity index is 1010. The van der Waals surface area contributed by atoms with E-state index < -0.39 is 0 Å². The first kappa shape index (κ1) is 17.9. The van der Waals surface area contributed by atoms with Gasteiger partial charge in [0.2, 0.25) is 5.88 Å². The van der Waals surface area contributed by atoms with E-state index in [2.05, 4.69) is 24.7 Å². The topological polar surface area (TPSA) is 89.3 Å². The van der Waals surface area contributed by atoms with E-state index in [0.29, 0.717) is 42.3 Å². The van der Waals surface area contributed by atoms with E-state index in [4.69, 9.17) is 4.74 Å². The second-order valence-corrected chi connectivity index (χ2v) is 10.2. The van der Waals surface area contributed by atoms with E-state index in [1.807, 2.05) is 22.2 Å². The van der Waals surface area contributed by atoms with Gasteiger partial charge < -0.3 is 14.5 Å². The number of nitrogens with zero attached hydrogens (tertiary/aromatic N) is 7. The summed E-state index contributed by atoms with van der Waals surface area (Å²) in [6, 6.07) is 2.41. The average molecular weight is 422 g/mol. The van der Waals surface area contributed by atoms with Gasteiger partial charge in [-0.1, -0.05) is 0 Å². The van der Waals surface area contributed by atoms with Gasteiger partial charge in [-0.2, -0.15) is 10.1 Å². The zero-order valence-electron chi connectivity index (χ0n) is 17.6. The molecule has 3 saturated carbocycles. The third-order valence-electron chi connectivity index (χ3n) is 7.50. The summed E-state index contributed by atoms with van der Waals surface area (Å²) in [6.07, 6.45) is 10.7. The number of hydrogen-bond donors (Lipinski definition) is 0. The molecule has 1 spiro atoms. The Labute approximate surface area is 180 Å². The van der Waals surface area contributed by atoms with Crippen LogP contribution in [-0.2, 0) is 0 Å². The normalized spacial score (nSPS) is 25.2. The van der Waals surface area contributed by atoms with E-state index in [1.54, 1.807) is 6.20 Å². The number of urea groups is 1. The molecular weight excluding hydrogens is 394 g/mol. The first-order valence-electron chi connectivity index (χ1n) is 11.6. The fourth-order valence-electron chi connectivity index (χ4n) is 5.28. The molecule has 0 aromatic carbocycles. The minimum atomic E-state index is 0.0298. The molecule has 3 aliphatic carbocycles. The van der Waals surface area contributed by atoms with Gasteiger partial charge in [-0.15, -0.1) is 0 Å². The fraction of sp³-hybridized carbons (Fsp3) is 0.682. The van der Waals surface area contributed by atoms with Gasteiger partial charge in [-0.25, -0.2) is 19.4 Å². The molecule has 2 saturated heterocycles. The molecule has 2 aromatic rings. The van der Waals surface area contributed by atoms with Crippen LogP contribution in [-0.4, -0.2) is 72.8 Å². The van der Waals surface area contributed by atoms with Crippen LogP contribution in [0.1, 0.15) is 68.1 Å². The van der Waals surface area contributed by atoms with Crippen LogP contribution in [0.4, 0.5) is 4.79 Å². The molecule has 9 nitrogen and oxygen atoms in total. The molecule has 162 valence electrons. The molecule has 2 aromatic heterocycles. The maximum absolute atomic E-state index is 12.8. The lowest BCUT2D eigenvalue weighted by atomic mass is 9.61. The number of carbonyl (C=O) groups is 1. The SMILES string of the molecule is O=C(N1CC(Oc2ccnc(C3CC3)n2)C1)N1CC2(CC(n3cnc(C4CC4)n3)C2)C1. The highest BCUT2D eigenvalue weighted by atomic mass is 16.5. The summed E-state index contributed by atoms with van der Waals surface area (Å²) in [5.41, 5.74) is 0.299. The van der Waals surface area contributed by atoms with Gasteiger partial charge in [-0.05, 0) is 38.5 Å². The van der Waals surface area contributed by atoms with E-state index >= 15 is 0 Å². The van der Waals surface area contributed by atoms with Gasteiger partial charge in [0.1, 0.15) is 18.3 Å². The van der Waals surface area contributed by atoms with Crippen LogP contribution < -0.4 is 4.74 Å². The predicted molar refractivity (Wildman–Crippen MR) is 110 cm³/mol. The zero-order chi connectivity index (χ0) is 20.6. The molecule has 0 unspecified atom stereocenters. The first-order chi connectivity index (χ1) is 15.1. The van der Waals surface area contributed by atoms with Crippen molar-refractivity contribution >= 4 is 6.03 Å². The van der Waals surface area contributed by atoms with Crippen LogP contribution in [0.25, 0.3) is 0 Å². The second-order valence-electron chi connectivity index (χ2n) is 10.2. The Morgan fingerprint density at radius 1 is 1.00 bits per heavy atom. The summed E-state index contributed by atoms with van der Waals surface area (Å²) in [7, 11) is 0. The average Bonchev–Trinajstić information content (AvgIpc) is 3.61. The molecule has 2 aliphatic heterocycles. The number of likely N-dealkylation sites (tertiary alicyclic amines) is 2. The summed E-state index contributed by atoms with van der Waals surface area (Å²) < 4.78 is 8.02. The first-order valence-corrected chi connectivity index (χ1v) is 11.6. The second kappa shape index (κ2) is 6.40. The largest absolute Gasteiger partial charge is 0.470 e. The maximum Gasteiger partial charge on any atom is 0.320 e. The van der Waals surface area contributed by atoms with Gasteiger partial charge in [0.25, 0.3) is 0 Å². The Hall–Kier alpha value is -2.71. The Kier molecular flexibility index (Phi) is 3.70. The number of carbonyl (C=O) groups excluding carboxylic acids is 1. The lowest BCUT2D eigenvalue weighted by Crippen LogP contribution is -2.69. The lowest BCUT2D eigenvalue weighted by molar-refractivity contribution is -0.0818. The van der Waals surface area contributed by atoms with Crippen molar-refractivity contribution in [3.05, 3.63) is 30.2 Å². The monoisotopic (exact) mass is 421 g/mol. The van der Waals surface area contributed by atoms with Crippen molar-refractivity contribution in [2.75, 3.05) is 26.2 Å². The van der Waals surface area contributed by atoms with E-state index in [9.17, 15) is 4.79 Å². The third kappa shape index (κ3) is 3.16. The molecular formula is C22H27N7O2. The van der Waals surface area contributed by atoms with Crippen LogP contribution in [0.2, 0.25) is 0 Å².